The molecule has 0 aliphatic heterocycles. The van der Waals surface area contributed by atoms with E-state index in [1.54, 1.807) is 11.8 Å². The summed E-state index contributed by atoms with van der Waals surface area (Å²) < 4.78 is 5.14. The van der Waals surface area contributed by atoms with Crippen LogP contribution in [0.5, 0.6) is 0 Å². The number of thioether (sulfide) groups is 1. The number of aryl methyl sites for hydroxylation is 1. The minimum absolute atomic E-state index is 0.0866. The highest BCUT2D eigenvalue weighted by atomic mass is 32.2. The van der Waals surface area contributed by atoms with Crippen molar-refractivity contribution in [3.05, 3.63) is 29.8 Å². The maximum absolute atomic E-state index is 12.5. The molecule has 0 saturated heterocycles. The number of esters is 1. The van der Waals surface area contributed by atoms with Gasteiger partial charge in [-0.15, -0.1) is 11.8 Å². The molecule has 2 saturated carbocycles. The molecule has 0 bridgehead atoms. The minimum atomic E-state index is -0.495. The Labute approximate surface area is 130 Å². The van der Waals surface area contributed by atoms with E-state index in [0.29, 0.717) is 12.0 Å². The Morgan fingerprint density at radius 3 is 2.48 bits per heavy atom. The zero-order chi connectivity index (χ0) is 14.9. The summed E-state index contributed by atoms with van der Waals surface area (Å²) >= 11 is 1.75. The SMILES string of the molecule is COC(=O)C(CSc1ccc(C)cc1)(NC1CC1)C1CC1. The molecule has 2 fully saturated rings. The lowest BCUT2D eigenvalue weighted by Gasteiger charge is -2.32. The van der Waals surface area contributed by atoms with Crippen molar-refractivity contribution < 1.29 is 9.53 Å². The first-order chi connectivity index (χ1) is 10.1. The lowest BCUT2D eigenvalue weighted by atomic mass is 9.95. The summed E-state index contributed by atoms with van der Waals surface area (Å²) in [6.07, 6.45) is 4.62. The minimum Gasteiger partial charge on any atom is -0.468 e. The third kappa shape index (κ3) is 3.43. The fourth-order valence-electron chi connectivity index (χ4n) is 2.74. The zero-order valence-corrected chi connectivity index (χ0v) is 13.5. The molecule has 1 unspecified atom stereocenters. The Kier molecular flexibility index (Phi) is 4.27. The van der Waals surface area contributed by atoms with Crippen LogP contribution in [-0.4, -0.2) is 30.4 Å². The predicted molar refractivity (Wildman–Crippen MR) is 85.5 cm³/mol. The second-order valence-corrected chi connectivity index (χ2v) is 7.31. The molecule has 1 N–H and O–H groups in total. The second-order valence-electron chi connectivity index (χ2n) is 6.26. The van der Waals surface area contributed by atoms with Crippen LogP contribution in [0.3, 0.4) is 0 Å². The quantitative estimate of drug-likeness (QED) is 0.620. The first-order valence-electron chi connectivity index (χ1n) is 7.69. The Hall–Kier alpha value is -1.00. The van der Waals surface area contributed by atoms with Crippen LogP contribution in [0, 0.1) is 12.8 Å². The van der Waals surface area contributed by atoms with Gasteiger partial charge in [-0.05, 0) is 50.7 Å². The lowest BCUT2D eigenvalue weighted by molar-refractivity contribution is -0.148. The van der Waals surface area contributed by atoms with E-state index >= 15 is 0 Å². The van der Waals surface area contributed by atoms with Crippen molar-refractivity contribution in [3.8, 4) is 0 Å². The molecule has 0 amide bonds. The van der Waals surface area contributed by atoms with Crippen molar-refractivity contribution >= 4 is 17.7 Å². The molecular formula is C17H23NO2S. The summed E-state index contributed by atoms with van der Waals surface area (Å²) in [5.74, 6) is 1.10. The summed E-state index contributed by atoms with van der Waals surface area (Å²) in [4.78, 5) is 13.7. The van der Waals surface area contributed by atoms with Gasteiger partial charge in [-0.2, -0.15) is 0 Å². The highest BCUT2D eigenvalue weighted by Crippen LogP contribution is 2.44. The van der Waals surface area contributed by atoms with Gasteiger partial charge in [0.15, 0.2) is 0 Å². The zero-order valence-electron chi connectivity index (χ0n) is 12.7. The third-order valence-electron chi connectivity index (χ3n) is 4.35. The smallest absolute Gasteiger partial charge is 0.327 e. The maximum Gasteiger partial charge on any atom is 0.327 e. The van der Waals surface area contributed by atoms with E-state index in [2.05, 4.69) is 36.5 Å². The highest BCUT2D eigenvalue weighted by molar-refractivity contribution is 7.99. The van der Waals surface area contributed by atoms with Crippen LogP contribution in [0.25, 0.3) is 0 Å². The third-order valence-corrected chi connectivity index (χ3v) is 5.56. The van der Waals surface area contributed by atoms with Gasteiger partial charge < -0.3 is 4.74 Å². The Morgan fingerprint density at radius 2 is 1.95 bits per heavy atom. The molecule has 1 aromatic carbocycles. The molecule has 4 heteroatoms. The molecule has 2 aliphatic rings. The van der Waals surface area contributed by atoms with Crippen molar-refractivity contribution in [1.82, 2.24) is 5.32 Å². The molecule has 3 nitrogen and oxygen atoms in total. The number of hydrogen-bond donors (Lipinski definition) is 1. The second kappa shape index (κ2) is 6.01. The molecule has 0 spiro atoms. The van der Waals surface area contributed by atoms with E-state index in [9.17, 15) is 4.79 Å². The monoisotopic (exact) mass is 305 g/mol. The van der Waals surface area contributed by atoms with Gasteiger partial charge in [0, 0.05) is 16.7 Å². The molecular weight excluding hydrogens is 282 g/mol. The molecule has 3 rings (SSSR count). The maximum atomic E-state index is 12.5. The van der Waals surface area contributed by atoms with Crippen LogP contribution in [0.4, 0.5) is 0 Å². The van der Waals surface area contributed by atoms with E-state index in [0.717, 1.165) is 18.6 Å². The molecule has 1 atom stereocenters. The Balaban J connectivity index is 1.74. The van der Waals surface area contributed by atoms with Crippen LogP contribution in [0.1, 0.15) is 31.2 Å². The summed E-state index contributed by atoms with van der Waals surface area (Å²) in [6.45, 7) is 2.09. The van der Waals surface area contributed by atoms with Crippen LogP contribution >= 0.6 is 11.8 Å². The van der Waals surface area contributed by atoms with E-state index in [4.69, 9.17) is 4.74 Å². The predicted octanol–water partition coefficient (Wildman–Crippen LogP) is 3.16. The highest BCUT2D eigenvalue weighted by Gasteiger charge is 2.53. The van der Waals surface area contributed by atoms with Crippen molar-refractivity contribution in [3.63, 3.8) is 0 Å². The van der Waals surface area contributed by atoms with Gasteiger partial charge in [-0.3, -0.25) is 10.1 Å². The standard InChI is InChI=1S/C17H23NO2S/c1-12-3-9-15(10-4-12)21-11-17(13-5-6-13,16(19)20-2)18-14-7-8-14/h3-4,9-10,13-14,18H,5-8,11H2,1-2H3. The average Bonchev–Trinajstić information content (AvgIpc) is 3.37. The van der Waals surface area contributed by atoms with Crippen LogP contribution in [0.2, 0.25) is 0 Å². The van der Waals surface area contributed by atoms with E-state index in [1.807, 2.05) is 0 Å². The normalized spacial score (nSPS) is 20.9. The number of benzene rings is 1. The van der Waals surface area contributed by atoms with Crippen LogP contribution < -0.4 is 5.32 Å². The molecule has 1 aromatic rings. The summed E-state index contributed by atoms with van der Waals surface area (Å²) in [7, 11) is 1.50. The number of methoxy groups -OCH3 is 1. The first-order valence-corrected chi connectivity index (χ1v) is 8.68. The Bertz CT molecular complexity index is 508. The van der Waals surface area contributed by atoms with Crippen molar-refractivity contribution in [2.45, 2.75) is 49.1 Å². The van der Waals surface area contributed by atoms with E-state index < -0.39 is 5.54 Å². The fraction of sp³-hybridized carbons (Fsp3) is 0.588. The van der Waals surface area contributed by atoms with Crippen LogP contribution in [-0.2, 0) is 9.53 Å². The summed E-state index contributed by atoms with van der Waals surface area (Å²) in [6, 6.07) is 9.00. The van der Waals surface area contributed by atoms with Crippen molar-refractivity contribution in [1.29, 1.82) is 0 Å². The Morgan fingerprint density at radius 1 is 1.29 bits per heavy atom. The molecule has 21 heavy (non-hydrogen) atoms. The molecule has 2 aliphatic carbocycles. The van der Waals surface area contributed by atoms with Gasteiger partial charge >= 0.3 is 5.97 Å². The number of hydrogen-bond acceptors (Lipinski definition) is 4. The average molecular weight is 305 g/mol. The number of rotatable bonds is 7. The van der Waals surface area contributed by atoms with Gasteiger partial charge in [0.25, 0.3) is 0 Å². The molecule has 114 valence electrons. The fourth-order valence-corrected chi connectivity index (χ4v) is 3.90. The van der Waals surface area contributed by atoms with E-state index in [-0.39, 0.29) is 5.97 Å². The summed E-state index contributed by atoms with van der Waals surface area (Å²) in [5, 5.41) is 3.60. The number of carbonyl (C=O) groups is 1. The van der Waals surface area contributed by atoms with Gasteiger partial charge in [-0.1, -0.05) is 17.7 Å². The van der Waals surface area contributed by atoms with Crippen molar-refractivity contribution in [2.24, 2.45) is 5.92 Å². The summed E-state index contributed by atoms with van der Waals surface area (Å²) in [5.41, 5.74) is 0.766. The molecule has 0 radical (unpaired) electrons. The largest absolute Gasteiger partial charge is 0.468 e. The number of ether oxygens (including phenoxy) is 1. The lowest BCUT2D eigenvalue weighted by Crippen LogP contribution is -2.57. The number of carbonyl (C=O) groups excluding carboxylic acids is 1. The molecule has 0 heterocycles. The van der Waals surface area contributed by atoms with E-state index in [1.165, 1.54) is 30.4 Å². The van der Waals surface area contributed by atoms with Gasteiger partial charge in [0.2, 0.25) is 0 Å². The first kappa shape index (κ1) is 14.9. The van der Waals surface area contributed by atoms with Gasteiger partial charge in [0.1, 0.15) is 5.54 Å². The van der Waals surface area contributed by atoms with Crippen LogP contribution in [0.15, 0.2) is 29.2 Å². The van der Waals surface area contributed by atoms with Gasteiger partial charge in [0.05, 0.1) is 7.11 Å². The molecule has 0 aromatic heterocycles. The van der Waals surface area contributed by atoms with Crippen molar-refractivity contribution in [2.75, 3.05) is 12.9 Å². The topological polar surface area (TPSA) is 38.3 Å². The number of nitrogens with one attached hydrogen (secondary N) is 1. The van der Waals surface area contributed by atoms with Gasteiger partial charge in [-0.25, -0.2) is 0 Å².